The molecule has 1 atom stereocenters. The molecular weight excluding hydrogens is 226 g/mol. The number of carboxylic acids is 1. The lowest BCUT2D eigenvalue weighted by atomic mass is 10.00. The molecule has 0 unspecified atom stereocenters. The number of benzene rings is 1. The summed E-state index contributed by atoms with van der Waals surface area (Å²) in [5.74, 6) is -0.735. The second-order valence-corrected chi connectivity index (χ2v) is 4.93. The van der Waals surface area contributed by atoms with Gasteiger partial charge in [-0.2, -0.15) is 0 Å². The van der Waals surface area contributed by atoms with E-state index in [0.717, 1.165) is 37.9 Å². The number of hydrogen-bond acceptors (Lipinski definition) is 2. The molecule has 3 nitrogen and oxygen atoms in total. The molecule has 3 heteroatoms. The van der Waals surface area contributed by atoms with E-state index in [4.69, 9.17) is 0 Å². The Morgan fingerprint density at radius 1 is 1.22 bits per heavy atom. The van der Waals surface area contributed by atoms with Crippen LogP contribution in [0.3, 0.4) is 0 Å². The highest BCUT2D eigenvalue weighted by atomic mass is 16.4. The lowest BCUT2D eigenvalue weighted by molar-refractivity contribution is -0.144. The van der Waals surface area contributed by atoms with Crippen molar-refractivity contribution >= 4 is 5.97 Å². The van der Waals surface area contributed by atoms with Gasteiger partial charge in [-0.3, -0.25) is 9.69 Å². The van der Waals surface area contributed by atoms with Gasteiger partial charge in [0.15, 0.2) is 0 Å². The fourth-order valence-corrected chi connectivity index (χ4v) is 2.62. The lowest BCUT2D eigenvalue weighted by Gasteiger charge is -2.32. The number of aliphatic carboxylic acids is 1. The maximum atomic E-state index is 11.5. The van der Waals surface area contributed by atoms with Crippen LogP contribution in [0.4, 0.5) is 0 Å². The first-order valence-electron chi connectivity index (χ1n) is 6.78. The van der Waals surface area contributed by atoms with Gasteiger partial charge in [-0.15, -0.1) is 0 Å². The molecule has 1 fully saturated rings. The molecule has 18 heavy (non-hydrogen) atoms. The number of nitrogens with zero attached hydrogens (tertiary/aromatic N) is 1. The highest BCUT2D eigenvalue weighted by molar-refractivity contribution is 5.75. The molecule has 0 amide bonds. The summed E-state index contributed by atoms with van der Waals surface area (Å²) in [6.45, 7) is 3.90. The second-order valence-electron chi connectivity index (χ2n) is 4.93. The smallest absolute Gasteiger partial charge is 0.325 e. The standard InChI is InChI=1S/C15H21NO2/c1-2-12-6-8-13(9-7-12)14(15(17)18)16-10-4-3-5-11-16/h6-9,14H,2-5,10-11H2,1H3,(H,17,18)/t14-/m0/s1. The van der Waals surface area contributed by atoms with E-state index in [-0.39, 0.29) is 0 Å². The summed E-state index contributed by atoms with van der Waals surface area (Å²) in [7, 11) is 0. The fourth-order valence-electron chi connectivity index (χ4n) is 2.62. The van der Waals surface area contributed by atoms with Crippen molar-refractivity contribution in [3.63, 3.8) is 0 Å². The third-order valence-corrected chi connectivity index (χ3v) is 3.69. The van der Waals surface area contributed by atoms with Gasteiger partial charge >= 0.3 is 5.97 Å². The molecule has 0 bridgehead atoms. The van der Waals surface area contributed by atoms with Crippen LogP contribution in [-0.4, -0.2) is 29.1 Å². The van der Waals surface area contributed by atoms with Gasteiger partial charge in [0.2, 0.25) is 0 Å². The third-order valence-electron chi connectivity index (χ3n) is 3.69. The van der Waals surface area contributed by atoms with Crippen molar-refractivity contribution in [1.82, 2.24) is 4.90 Å². The van der Waals surface area contributed by atoms with Crippen LogP contribution >= 0.6 is 0 Å². The Morgan fingerprint density at radius 2 is 1.83 bits per heavy atom. The van der Waals surface area contributed by atoms with Gasteiger partial charge in [0.05, 0.1) is 0 Å². The average Bonchev–Trinajstić information content (AvgIpc) is 2.40. The van der Waals surface area contributed by atoms with Gasteiger partial charge in [-0.25, -0.2) is 0 Å². The minimum atomic E-state index is -0.735. The number of hydrogen-bond donors (Lipinski definition) is 1. The highest BCUT2D eigenvalue weighted by Crippen LogP contribution is 2.25. The van der Waals surface area contributed by atoms with E-state index in [1.807, 2.05) is 24.3 Å². The van der Waals surface area contributed by atoms with E-state index in [9.17, 15) is 9.90 Å². The van der Waals surface area contributed by atoms with Gasteiger partial charge < -0.3 is 5.11 Å². The number of aryl methyl sites for hydroxylation is 1. The summed E-state index contributed by atoms with van der Waals surface area (Å²) in [6, 6.07) is 7.53. The molecule has 0 radical (unpaired) electrons. The van der Waals surface area contributed by atoms with Gasteiger partial charge in [0.25, 0.3) is 0 Å². The Bertz CT molecular complexity index is 393. The monoisotopic (exact) mass is 247 g/mol. The van der Waals surface area contributed by atoms with E-state index >= 15 is 0 Å². The Hall–Kier alpha value is -1.35. The molecule has 1 aliphatic rings. The van der Waals surface area contributed by atoms with Crippen LogP contribution in [0, 0.1) is 0 Å². The van der Waals surface area contributed by atoms with Crippen LogP contribution in [-0.2, 0) is 11.2 Å². The van der Waals surface area contributed by atoms with Crippen molar-refractivity contribution in [2.75, 3.05) is 13.1 Å². The summed E-state index contributed by atoms with van der Waals surface area (Å²) in [4.78, 5) is 13.6. The first kappa shape index (κ1) is 13.1. The minimum absolute atomic E-state index is 0.476. The number of likely N-dealkylation sites (tertiary alicyclic amines) is 1. The second kappa shape index (κ2) is 6.01. The maximum Gasteiger partial charge on any atom is 0.325 e. The predicted molar refractivity (Wildman–Crippen MR) is 71.6 cm³/mol. The zero-order valence-corrected chi connectivity index (χ0v) is 10.9. The molecule has 0 aliphatic carbocycles. The van der Waals surface area contributed by atoms with E-state index < -0.39 is 12.0 Å². The van der Waals surface area contributed by atoms with Crippen molar-refractivity contribution in [3.05, 3.63) is 35.4 Å². The van der Waals surface area contributed by atoms with Gasteiger partial charge in [0.1, 0.15) is 6.04 Å². The minimum Gasteiger partial charge on any atom is -0.480 e. The number of carboxylic acid groups (broad SMARTS) is 1. The van der Waals surface area contributed by atoms with Crippen LogP contribution in [0.5, 0.6) is 0 Å². The molecular formula is C15H21NO2. The molecule has 2 rings (SSSR count). The van der Waals surface area contributed by atoms with Crippen molar-refractivity contribution < 1.29 is 9.90 Å². The Labute approximate surface area is 108 Å². The summed E-state index contributed by atoms with van der Waals surface area (Å²) in [6.07, 6.45) is 4.42. The van der Waals surface area contributed by atoms with Crippen molar-refractivity contribution in [2.45, 2.75) is 38.6 Å². The Balaban J connectivity index is 2.20. The largest absolute Gasteiger partial charge is 0.480 e. The van der Waals surface area contributed by atoms with E-state index in [0.29, 0.717) is 0 Å². The van der Waals surface area contributed by atoms with Crippen molar-refractivity contribution in [3.8, 4) is 0 Å². The summed E-state index contributed by atoms with van der Waals surface area (Å²) in [5.41, 5.74) is 2.16. The Morgan fingerprint density at radius 3 is 2.33 bits per heavy atom. The molecule has 0 spiro atoms. The average molecular weight is 247 g/mol. The molecule has 0 aromatic heterocycles. The summed E-state index contributed by atoms with van der Waals surface area (Å²) in [5, 5.41) is 9.46. The topological polar surface area (TPSA) is 40.5 Å². The Kier molecular flexibility index (Phi) is 4.37. The normalized spacial score (nSPS) is 18.5. The number of carbonyl (C=O) groups is 1. The molecule has 1 aromatic carbocycles. The zero-order valence-electron chi connectivity index (χ0n) is 10.9. The molecule has 1 aliphatic heterocycles. The van der Waals surface area contributed by atoms with Gasteiger partial charge in [-0.1, -0.05) is 37.6 Å². The van der Waals surface area contributed by atoms with E-state index in [1.165, 1.54) is 12.0 Å². The van der Waals surface area contributed by atoms with Crippen LogP contribution < -0.4 is 0 Å². The number of rotatable bonds is 4. The molecule has 0 saturated carbocycles. The molecule has 1 aromatic rings. The van der Waals surface area contributed by atoms with E-state index in [1.54, 1.807) is 0 Å². The van der Waals surface area contributed by atoms with Crippen LogP contribution in [0.2, 0.25) is 0 Å². The number of piperidine rings is 1. The molecule has 1 saturated heterocycles. The summed E-state index contributed by atoms with van der Waals surface area (Å²) >= 11 is 0. The van der Waals surface area contributed by atoms with Crippen LogP contribution in [0.15, 0.2) is 24.3 Å². The fraction of sp³-hybridized carbons (Fsp3) is 0.533. The first-order valence-corrected chi connectivity index (χ1v) is 6.78. The molecule has 1 N–H and O–H groups in total. The quantitative estimate of drug-likeness (QED) is 0.889. The van der Waals surface area contributed by atoms with Crippen molar-refractivity contribution in [2.24, 2.45) is 0 Å². The third kappa shape index (κ3) is 2.91. The van der Waals surface area contributed by atoms with Crippen LogP contribution in [0.25, 0.3) is 0 Å². The first-order chi connectivity index (χ1) is 8.72. The highest BCUT2D eigenvalue weighted by Gasteiger charge is 2.28. The van der Waals surface area contributed by atoms with Crippen LogP contribution in [0.1, 0.15) is 43.4 Å². The van der Waals surface area contributed by atoms with Gasteiger partial charge in [0, 0.05) is 0 Å². The molecule has 98 valence electrons. The zero-order chi connectivity index (χ0) is 13.0. The maximum absolute atomic E-state index is 11.5. The van der Waals surface area contributed by atoms with Crippen molar-refractivity contribution in [1.29, 1.82) is 0 Å². The van der Waals surface area contributed by atoms with Gasteiger partial charge in [-0.05, 0) is 43.5 Å². The van der Waals surface area contributed by atoms with E-state index in [2.05, 4.69) is 11.8 Å². The SMILES string of the molecule is CCc1ccc([C@@H](C(=O)O)N2CCCCC2)cc1. The summed E-state index contributed by atoms with van der Waals surface area (Å²) < 4.78 is 0. The predicted octanol–water partition coefficient (Wildman–Crippen LogP) is 2.86. The lowest BCUT2D eigenvalue weighted by Crippen LogP contribution is -2.37. The molecule has 1 heterocycles.